The standard InChI is InChI=1S/C17H21NO2/c1-14(15-7-3-2-4-8-15)19-11-6-12-20-17-10-5-9-16(18)13-17/h2-5,7-10,13-14H,6,11-12,18H2,1H3. The number of benzene rings is 2. The van der Waals surface area contributed by atoms with Crippen LogP contribution in [0.15, 0.2) is 54.6 Å². The van der Waals surface area contributed by atoms with Crippen LogP contribution in [0.25, 0.3) is 0 Å². The molecule has 2 aromatic rings. The minimum absolute atomic E-state index is 0.114. The van der Waals surface area contributed by atoms with Crippen molar-refractivity contribution in [3.05, 3.63) is 60.2 Å². The van der Waals surface area contributed by atoms with Crippen molar-refractivity contribution in [2.45, 2.75) is 19.4 Å². The van der Waals surface area contributed by atoms with Crippen molar-refractivity contribution in [3.8, 4) is 5.75 Å². The van der Waals surface area contributed by atoms with Gasteiger partial charge in [-0.3, -0.25) is 0 Å². The summed E-state index contributed by atoms with van der Waals surface area (Å²) in [6.45, 7) is 3.37. The van der Waals surface area contributed by atoms with Crippen LogP contribution in [0.4, 0.5) is 5.69 Å². The van der Waals surface area contributed by atoms with Crippen molar-refractivity contribution < 1.29 is 9.47 Å². The van der Waals surface area contributed by atoms with E-state index in [4.69, 9.17) is 15.2 Å². The summed E-state index contributed by atoms with van der Waals surface area (Å²) < 4.78 is 11.4. The van der Waals surface area contributed by atoms with Crippen LogP contribution >= 0.6 is 0 Å². The molecule has 0 aliphatic heterocycles. The van der Waals surface area contributed by atoms with Crippen molar-refractivity contribution in [2.75, 3.05) is 18.9 Å². The Bertz CT molecular complexity index is 513. The van der Waals surface area contributed by atoms with Gasteiger partial charge in [0, 0.05) is 18.2 Å². The Morgan fingerprint density at radius 2 is 1.80 bits per heavy atom. The lowest BCUT2D eigenvalue weighted by molar-refractivity contribution is 0.0571. The summed E-state index contributed by atoms with van der Waals surface area (Å²) in [6, 6.07) is 17.7. The van der Waals surface area contributed by atoms with Crippen LogP contribution in [0.2, 0.25) is 0 Å². The van der Waals surface area contributed by atoms with Crippen molar-refractivity contribution in [1.29, 1.82) is 0 Å². The van der Waals surface area contributed by atoms with Crippen LogP contribution in [-0.2, 0) is 4.74 Å². The Labute approximate surface area is 120 Å². The monoisotopic (exact) mass is 271 g/mol. The molecule has 1 atom stereocenters. The van der Waals surface area contributed by atoms with Crippen molar-refractivity contribution in [1.82, 2.24) is 0 Å². The first-order valence-electron chi connectivity index (χ1n) is 6.90. The second kappa shape index (κ2) is 7.56. The molecule has 0 aliphatic carbocycles. The van der Waals surface area contributed by atoms with Gasteiger partial charge >= 0.3 is 0 Å². The summed E-state index contributed by atoms with van der Waals surface area (Å²) in [7, 11) is 0. The zero-order valence-corrected chi connectivity index (χ0v) is 11.8. The van der Waals surface area contributed by atoms with E-state index in [0.717, 1.165) is 17.9 Å². The van der Waals surface area contributed by atoms with Gasteiger partial charge in [-0.25, -0.2) is 0 Å². The van der Waals surface area contributed by atoms with Gasteiger partial charge in [0.2, 0.25) is 0 Å². The van der Waals surface area contributed by atoms with Crippen LogP contribution < -0.4 is 10.5 Å². The lowest BCUT2D eigenvalue weighted by Crippen LogP contribution is -2.06. The molecule has 0 aliphatic rings. The third kappa shape index (κ3) is 4.59. The molecular weight excluding hydrogens is 250 g/mol. The molecule has 1 unspecified atom stereocenters. The predicted molar refractivity (Wildman–Crippen MR) is 81.8 cm³/mol. The minimum atomic E-state index is 0.114. The van der Waals surface area contributed by atoms with Gasteiger partial charge in [-0.15, -0.1) is 0 Å². The molecule has 0 heterocycles. The van der Waals surface area contributed by atoms with Gasteiger partial charge in [0.25, 0.3) is 0 Å². The second-order valence-corrected chi connectivity index (χ2v) is 4.70. The smallest absolute Gasteiger partial charge is 0.121 e. The van der Waals surface area contributed by atoms with E-state index in [9.17, 15) is 0 Å². The minimum Gasteiger partial charge on any atom is -0.493 e. The maximum Gasteiger partial charge on any atom is 0.121 e. The molecule has 0 aromatic heterocycles. The third-order valence-corrected chi connectivity index (χ3v) is 3.05. The van der Waals surface area contributed by atoms with Gasteiger partial charge in [-0.05, 0) is 24.6 Å². The normalized spacial score (nSPS) is 12.1. The molecule has 3 heteroatoms. The first kappa shape index (κ1) is 14.4. The number of hydrogen-bond donors (Lipinski definition) is 1. The van der Waals surface area contributed by atoms with E-state index in [-0.39, 0.29) is 6.10 Å². The number of ether oxygens (including phenoxy) is 2. The third-order valence-electron chi connectivity index (χ3n) is 3.05. The van der Waals surface area contributed by atoms with E-state index >= 15 is 0 Å². The summed E-state index contributed by atoms with van der Waals surface area (Å²) in [5.41, 5.74) is 7.61. The van der Waals surface area contributed by atoms with Crippen LogP contribution in [0.5, 0.6) is 5.75 Å². The summed E-state index contributed by atoms with van der Waals surface area (Å²) in [5.74, 6) is 0.807. The number of hydrogen-bond acceptors (Lipinski definition) is 3. The fraction of sp³-hybridized carbons (Fsp3) is 0.294. The molecule has 0 radical (unpaired) electrons. The van der Waals surface area contributed by atoms with Crippen molar-refractivity contribution >= 4 is 5.69 Å². The van der Waals surface area contributed by atoms with Gasteiger partial charge in [-0.2, -0.15) is 0 Å². The summed E-state index contributed by atoms with van der Waals surface area (Å²) >= 11 is 0. The van der Waals surface area contributed by atoms with E-state index in [0.29, 0.717) is 13.2 Å². The maximum atomic E-state index is 5.79. The maximum absolute atomic E-state index is 5.79. The van der Waals surface area contributed by atoms with Crippen LogP contribution in [0, 0.1) is 0 Å². The Morgan fingerprint density at radius 1 is 1.00 bits per heavy atom. The quantitative estimate of drug-likeness (QED) is 0.615. The fourth-order valence-electron chi connectivity index (χ4n) is 1.93. The molecule has 0 spiro atoms. The molecule has 2 N–H and O–H groups in total. The van der Waals surface area contributed by atoms with Crippen LogP contribution in [-0.4, -0.2) is 13.2 Å². The van der Waals surface area contributed by atoms with E-state index in [1.165, 1.54) is 5.56 Å². The molecule has 2 aromatic carbocycles. The first-order valence-corrected chi connectivity index (χ1v) is 6.90. The average molecular weight is 271 g/mol. The lowest BCUT2D eigenvalue weighted by atomic mass is 10.1. The highest BCUT2D eigenvalue weighted by Crippen LogP contribution is 2.17. The van der Waals surface area contributed by atoms with Gasteiger partial charge < -0.3 is 15.2 Å². The molecule has 0 saturated heterocycles. The Kier molecular flexibility index (Phi) is 5.44. The molecule has 2 rings (SSSR count). The molecule has 0 saturated carbocycles. The molecular formula is C17H21NO2. The lowest BCUT2D eigenvalue weighted by Gasteiger charge is -2.13. The molecule has 3 nitrogen and oxygen atoms in total. The fourth-order valence-corrected chi connectivity index (χ4v) is 1.93. The summed E-state index contributed by atoms with van der Waals surface area (Å²) in [4.78, 5) is 0. The van der Waals surface area contributed by atoms with Gasteiger partial charge in [0.1, 0.15) is 5.75 Å². The zero-order valence-electron chi connectivity index (χ0n) is 11.8. The average Bonchev–Trinajstić information content (AvgIpc) is 2.48. The van der Waals surface area contributed by atoms with Crippen LogP contribution in [0.3, 0.4) is 0 Å². The largest absolute Gasteiger partial charge is 0.493 e. The van der Waals surface area contributed by atoms with E-state index in [1.807, 2.05) is 42.5 Å². The highest BCUT2D eigenvalue weighted by atomic mass is 16.5. The number of nitrogens with two attached hydrogens (primary N) is 1. The Hall–Kier alpha value is -2.00. The molecule has 106 valence electrons. The van der Waals surface area contributed by atoms with E-state index in [1.54, 1.807) is 0 Å². The SMILES string of the molecule is CC(OCCCOc1cccc(N)c1)c1ccccc1. The second-order valence-electron chi connectivity index (χ2n) is 4.70. The zero-order chi connectivity index (χ0) is 14.2. The van der Waals surface area contributed by atoms with Gasteiger partial charge in [0.15, 0.2) is 0 Å². The topological polar surface area (TPSA) is 44.5 Å². The first-order chi connectivity index (χ1) is 9.75. The van der Waals surface area contributed by atoms with Gasteiger partial charge in [0.05, 0.1) is 19.3 Å². The molecule has 0 bridgehead atoms. The van der Waals surface area contributed by atoms with Crippen molar-refractivity contribution in [2.24, 2.45) is 0 Å². The van der Waals surface area contributed by atoms with E-state index in [2.05, 4.69) is 19.1 Å². The highest BCUT2D eigenvalue weighted by Gasteiger charge is 2.04. The number of anilines is 1. The molecule has 0 amide bonds. The van der Waals surface area contributed by atoms with E-state index < -0.39 is 0 Å². The van der Waals surface area contributed by atoms with Crippen LogP contribution in [0.1, 0.15) is 25.0 Å². The van der Waals surface area contributed by atoms with Gasteiger partial charge in [-0.1, -0.05) is 36.4 Å². The predicted octanol–water partition coefficient (Wildman–Crippen LogP) is 3.82. The molecule has 20 heavy (non-hydrogen) atoms. The molecule has 0 fully saturated rings. The Balaban J connectivity index is 1.64. The number of nitrogen functional groups attached to an aromatic ring is 1. The summed E-state index contributed by atoms with van der Waals surface area (Å²) in [5, 5.41) is 0. The highest BCUT2D eigenvalue weighted by molar-refractivity contribution is 5.43. The Morgan fingerprint density at radius 3 is 2.55 bits per heavy atom. The number of rotatable bonds is 7. The van der Waals surface area contributed by atoms with Crippen molar-refractivity contribution in [3.63, 3.8) is 0 Å². The summed E-state index contributed by atoms with van der Waals surface area (Å²) in [6.07, 6.45) is 0.968.